The molecule has 0 aliphatic rings. The first-order chi connectivity index (χ1) is 0. The van der Waals surface area contributed by atoms with Gasteiger partial charge in [0.15, 0.2) is 0 Å². The first-order valence-electron chi connectivity index (χ1n) is 0. The molecule has 0 fully saturated rings. The Hall–Kier alpha value is 4.21. The quantitative estimate of drug-likeness (QED) is 0.410. The van der Waals surface area contributed by atoms with E-state index in [4.69, 9.17) is 0 Å². The van der Waals surface area contributed by atoms with Crippen molar-refractivity contribution in [3.8, 4) is 0 Å². The molecule has 0 bridgehead atoms. The number of halogens is 2. The fourth-order valence-electron chi connectivity index (χ4n) is 0. The summed E-state index contributed by atoms with van der Waals surface area (Å²) < 4.78 is 0. The summed E-state index contributed by atoms with van der Waals surface area (Å²) in [5.41, 5.74) is 0. The van der Waals surface area contributed by atoms with Gasteiger partial charge in [-0.15, -0.1) is 48.0 Å². The topological polar surface area (TPSA) is 0 Å². The maximum Gasteiger partial charge on any atom is 0 e. The molecule has 0 aromatic carbocycles. The minimum Gasteiger partial charge on any atom is -0.107 e. The summed E-state index contributed by atoms with van der Waals surface area (Å²) in [6, 6.07) is 0. The predicted octanol–water partition coefficient (Wildman–Crippen LogP) is 1.24. The Balaban J connectivity index is 0. The van der Waals surface area contributed by atoms with Gasteiger partial charge in [-0.2, -0.15) is 0 Å². The molecule has 0 nitrogen and oxygen atoms in total. The zero-order valence-electron chi connectivity index (χ0n) is 1.82. The van der Waals surface area contributed by atoms with Gasteiger partial charge in [0.05, 0.1) is 0 Å². The molecule has 4 heavy (non-hydrogen) atoms. The van der Waals surface area contributed by atoms with Gasteiger partial charge in [0.1, 0.15) is 0 Å². The molecule has 0 heterocycles. The van der Waals surface area contributed by atoms with Crippen LogP contribution in [0.1, 0.15) is 0 Å². The van der Waals surface area contributed by atoms with Crippen molar-refractivity contribution in [2.24, 2.45) is 0 Å². The minimum absolute atomic E-state index is 0. The van der Waals surface area contributed by atoms with Crippen LogP contribution in [0, 0.1) is 83.5 Å². The standard InChI is InChI=1S/2Ce.2HI/h;;2*1H. The Morgan fingerprint density at radius 2 is 0.500 bits per heavy atom. The van der Waals surface area contributed by atoms with Crippen molar-refractivity contribution in [2.45, 2.75) is 0 Å². The average molecular weight is 536 g/mol. The van der Waals surface area contributed by atoms with Crippen LogP contribution in [-0.4, -0.2) is 0 Å². The van der Waals surface area contributed by atoms with E-state index in [1.807, 2.05) is 0 Å². The van der Waals surface area contributed by atoms with Gasteiger partial charge in [-0.3, -0.25) is 0 Å². The van der Waals surface area contributed by atoms with Crippen LogP contribution < -0.4 is 0 Å². The summed E-state index contributed by atoms with van der Waals surface area (Å²) in [5, 5.41) is 0. The molecule has 0 aromatic heterocycles. The Bertz CT molecular complexity index is 4.00. The van der Waals surface area contributed by atoms with Crippen molar-refractivity contribution < 1.29 is 83.5 Å². The van der Waals surface area contributed by atoms with Crippen LogP contribution in [0.25, 0.3) is 0 Å². The van der Waals surface area contributed by atoms with Gasteiger partial charge >= 0.3 is 0 Å². The molecule has 0 saturated heterocycles. The molecule has 24 valence electrons. The van der Waals surface area contributed by atoms with E-state index in [1.54, 1.807) is 0 Å². The van der Waals surface area contributed by atoms with Gasteiger partial charge in [0.25, 0.3) is 0 Å². The average Bonchev–Trinajstić information content (AvgIpc) is 0. The molecule has 0 unspecified atom stereocenters. The van der Waals surface area contributed by atoms with Crippen LogP contribution in [0.15, 0.2) is 0 Å². The number of rotatable bonds is 0. The normalized spacial score (nSPS) is 0. The second-order valence-corrected chi connectivity index (χ2v) is 0. The summed E-state index contributed by atoms with van der Waals surface area (Å²) in [7, 11) is 0. The van der Waals surface area contributed by atoms with E-state index >= 15 is 0 Å². The summed E-state index contributed by atoms with van der Waals surface area (Å²) in [5.74, 6) is 0. The fraction of sp³-hybridized carbons (Fsp3) is 0. The first kappa shape index (κ1) is 24.1. The summed E-state index contributed by atoms with van der Waals surface area (Å²) in [6.07, 6.45) is 0. The van der Waals surface area contributed by atoms with Crippen molar-refractivity contribution in [1.82, 2.24) is 0 Å². The Labute approximate surface area is 127 Å². The van der Waals surface area contributed by atoms with Gasteiger partial charge in [0, 0.05) is 83.5 Å². The Morgan fingerprint density at radius 3 is 0.500 bits per heavy atom. The molecule has 0 aliphatic heterocycles. The van der Waals surface area contributed by atoms with Gasteiger partial charge in [-0.25, -0.2) is 0 Å². The molecule has 0 radical (unpaired) electrons. The van der Waals surface area contributed by atoms with E-state index < -0.39 is 0 Å². The van der Waals surface area contributed by atoms with E-state index in [0.717, 1.165) is 0 Å². The third kappa shape index (κ3) is 9.51. The molecule has 0 atom stereocenters. The number of hydrogen-bond donors (Lipinski definition) is 0. The van der Waals surface area contributed by atoms with Gasteiger partial charge in [0.2, 0.25) is 0 Å². The van der Waals surface area contributed by atoms with E-state index in [9.17, 15) is 0 Å². The summed E-state index contributed by atoms with van der Waals surface area (Å²) in [4.78, 5) is 0. The second-order valence-electron chi connectivity index (χ2n) is 0. The van der Waals surface area contributed by atoms with Crippen LogP contribution in [0.3, 0.4) is 0 Å². The fourth-order valence-corrected chi connectivity index (χ4v) is 0. The minimum atomic E-state index is 0. The second kappa shape index (κ2) is 15.7. The molecule has 0 N–H and O–H groups in total. The van der Waals surface area contributed by atoms with Crippen LogP contribution in [0.4, 0.5) is 0 Å². The van der Waals surface area contributed by atoms with Gasteiger partial charge in [-0.1, -0.05) is 0 Å². The molecule has 0 rings (SSSR count). The molecular formula is H2Ce2I2. The molecule has 0 saturated carbocycles. The van der Waals surface area contributed by atoms with Crippen LogP contribution in [-0.2, 0) is 0 Å². The third-order valence-electron chi connectivity index (χ3n) is 0. The number of hydrogen-bond acceptors (Lipinski definition) is 0. The summed E-state index contributed by atoms with van der Waals surface area (Å²) in [6.45, 7) is 0. The molecule has 0 spiro atoms. The van der Waals surface area contributed by atoms with Crippen molar-refractivity contribution >= 4 is 48.0 Å². The van der Waals surface area contributed by atoms with Crippen molar-refractivity contribution in [1.29, 1.82) is 0 Å². The summed E-state index contributed by atoms with van der Waals surface area (Å²) >= 11 is 0. The Kier molecular flexibility index (Phi) is 94.4. The molecular weight excluding hydrogens is 534 g/mol. The van der Waals surface area contributed by atoms with Gasteiger partial charge in [-0.05, 0) is 0 Å². The monoisotopic (exact) mass is 536 g/mol. The zero-order chi connectivity index (χ0) is 0. The van der Waals surface area contributed by atoms with E-state index in [2.05, 4.69) is 0 Å². The first-order valence-corrected chi connectivity index (χ1v) is 0. The zero-order valence-corrected chi connectivity index (χ0v) is 12.8. The van der Waals surface area contributed by atoms with Crippen molar-refractivity contribution in [3.05, 3.63) is 0 Å². The maximum absolute atomic E-state index is 0. The van der Waals surface area contributed by atoms with Crippen LogP contribution >= 0.6 is 48.0 Å². The smallest absolute Gasteiger partial charge is 0 e. The van der Waals surface area contributed by atoms with Crippen molar-refractivity contribution in [2.75, 3.05) is 0 Å². The molecule has 0 amide bonds. The van der Waals surface area contributed by atoms with Crippen molar-refractivity contribution in [3.63, 3.8) is 0 Å². The van der Waals surface area contributed by atoms with Crippen LogP contribution in [0.5, 0.6) is 0 Å². The molecule has 4 heteroatoms. The van der Waals surface area contributed by atoms with E-state index in [1.165, 1.54) is 0 Å². The van der Waals surface area contributed by atoms with Crippen LogP contribution in [0.2, 0.25) is 0 Å². The SMILES string of the molecule is I.I.[Ce].[Ce]. The van der Waals surface area contributed by atoms with E-state index in [0.29, 0.717) is 0 Å². The molecule has 0 aromatic rings. The van der Waals surface area contributed by atoms with E-state index in [-0.39, 0.29) is 131 Å². The Morgan fingerprint density at radius 1 is 0.500 bits per heavy atom. The third-order valence-corrected chi connectivity index (χ3v) is 0. The largest absolute Gasteiger partial charge is 0.107 e. The maximum atomic E-state index is 0. The molecule has 0 aliphatic carbocycles. The van der Waals surface area contributed by atoms with Gasteiger partial charge < -0.3 is 0 Å². The predicted molar refractivity (Wildman–Crippen MR) is 30.8 cm³/mol.